The molecule has 0 saturated heterocycles. The Hall–Kier alpha value is -1.89. The molecule has 1 nitrogen and oxygen atoms in total. The number of benzene rings is 2. The molecule has 1 heteroatoms. The minimum Gasteiger partial charge on any atom is -0.289 e. The van der Waals surface area contributed by atoms with Gasteiger partial charge in [0.05, 0.1) is 0 Å². The molecule has 0 unspecified atom stereocenters. The third-order valence-corrected chi connectivity index (χ3v) is 7.98. The highest BCUT2D eigenvalue weighted by Crippen LogP contribution is 2.39. The zero-order valence-electron chi connectivity index (χ0n) is 19.4. The molecule has 30 heavy (non-hydrogen) atoms. The summed E-state index contributed by atoms with van der Waals surface area (Å²) in [6.07, 6.45) is 13.1. The number of aryl methyl sites for hydroxylation is 2. The highest BCUT2D eigenvalue weighted by molar-refractivity contribution is 6.11. The van der Waals surface area contributed by atoms with Crippen molar-refractivity contribution in [1.82, 2.24) is 0 Å². The van der Waals surface area contributed by atoms with E-state index >= 15 is 0 Å². The third-order valence-electron chi connectivity index (χ3n) is 7.98. The molecule has 0 heterocycles. The summed E-state index contributed by atoms with van der Waals surface area (Å²) in [5, 5.41) is 0. The van der Waals surface area contributed by atoms with Gasteiger partial charge in [-0.1, -0.05) is 62.8 Å². The summed E-state index contributed by atoms with van der Waals surface area (Å²) in [4.78, 5) is 13.8. The van der Waals surface area contributed by atoms with E-state index in [4.69, 9.17) is 0 Å². The molecule has 0 atom stereocenters. The summed E-state index contributed by atoms with van der Waals surface area (Å²) in [5.41, 5.74) is 9.93. The monoisotopic (exact) mass is 402 g/mol. The van der Waals surface area contributed by atoms with Crippen LogP contribution in [0.3, 0.4) is 0 Å². The lowest BCUT2D eigenvalue weighted by Crippen LogP contribution is -2.15. The van der Waals surface area contributed by atoms with Crippen molar-refractivity contribution in [2.24, 2.45) is 0 Å². The SMILES string of the molecule is Cc1ccc(C(=O)c2ccc(C)c(C3CCCCC3)c2C)c(C)c1C1CCCCC1. The van der Waals surface area contributed by atoms with Crippen molar-refractivity contribution >= 4 is 5.78 Å². The van der Waals surface area contributed by atoms with E-state index in [1.165, 1.54) is 97.6 Å². The van der Waals surface area contributed by atoms with Gasteiger partial charge in [-0.25, -0.2) is 0 Å². The highest BCUT2D eigenvalue weighted by Gasteiger charge is 2.26. The second-order valence-corrected chi connectivity index (χ2v) is 9.94. The molecule has 0 aromatic heterocycles. The molecule has 2 saturated carbocycles. The summed E-state index contributed by atoms with van der Waals surface area (Å²) in [6.45, 7) is 8.83. The normalized spacial score (nSPS) is 18.5. The van der Waals surface area contributed by atoms with Gasteiger partial charge in [-0.3, -0.25) is 4.79 Å². The van der Waals surface area contributed by atoms with E-state index in [1.54, 1.807) is 0 Å². The van der Waals surface area contributed by atoms with Crippen molar-refractivity contribution in [3.63, 3.8) is 0 Å². The molecule has 2 aromatic carbocycles. The number of ketones is 1. The number of carbonyl (C=O) groups is 1. The third kappa shape index (κ3) is 4.01. The molecule has 2 aliphatic carbocycles. The Bertz CT molecular complexity index is 848. The second-order valence-electron chi connectivity index (χ2n) is 9.94. The minimum absolute atomic E-state index is 0.221. The van der Waals surface area contributed by atoms with Crippen LogP contribution >= 0.6 is 0 Å². The minimum atomic E-state index is 0.221. The van der Waals surface area contributed by atoms with Crippen LogP contribution in [0.1, 0.15) is 125 Å². The molecule has 2 aliphatic rings. The Balaban J connectivity index is 1.73. The van der Waals surface area contributed by atoms with Crippen LogP contribution in [-0.4, -0.2) is 5.78 Å². The maximum atomic E-state index is 13.8. The molecule has 4 rings (SSSR count). The molecule has 2 aromatic rings. The van der Waals surface area contributed by atoms with Gasteiger partial charge in [-0.15, -0.1) is 0 Å². The van der Waals surface area contributed by atoms with Crippen molar-refractivity contribution in [2.75, 3.05) is 0 Å². The first-order valence-electron chi connectivity index (χ1n) is 12.2. The predicted molar refractivity (Wildman–Crippen MR) is 127 cm³/mol. The van der Waals surface area contributed by atoms with Gasteiger partial charge < -0.3 is 0 Å². The van der Waals surface area contributed by atoms with Gasteiger partial charge in [-0.2, -0.15) is 0 Å². The summed E-state index contributed by atoms with van der Waals surface area (Å²) >= 11 is 0. The van der Waals surface area contributed by atoms with Gasteiger partial charge in [0, 0.05) is 11.1 Å². The zero-order chi connectivity index (χ0) is 21.3. The summed E-state index contributed by atoms with van der Waals surface area (Å²) in [5.74, 6) is 1.48. The van der Waals surface area contributed by atoms with Gasteiger partial charge >= 0.3 is 0 Å². The lowest BCUT2D eigenvalue weighted by atomic mass is 9.77. The van der Waals surface area contributed by atoms with Gasteiger partial charge in [-0.05, 0) is 98.6 Å². The zero-order valence-corrected chi connectivity index (χ0v) is 19.4. The van der Waals surface area contributed by atoms with Crippen LogP contribution < -0.4 is 0 Å². The smallest absolute Gasteiger partial charge is 0.193 e. The largest absolute Gasteiger partial charge is 0.289 e. The Kier molecular flexibility index (Phi) is 6.46. The molecule has 0 amide bonds. The number of hydrogen-bond donors (Lipinski definition) is 0. The Labute approximate surface area is 183 Å². The number of hydrogen-bond acceptors (Lipinski definition) is 1. The lowest BCUT2D eigenvalue weighted by Gasteiger charge is -2.27. The van der Waals surface area contributed by atoms with Crippen LogP contribution in [-0.2, 0) is 0 Å². The molecular weight excluding hydrogens is 364 g/mol. The summed E-state index contributed by atoms with van der Waals surface area (Å²) < 4.78 is 0. The van der Waals surface area contributed by atoms with Crippen molar-refractivity contribution in [2.45, 2.75) is 104 Å². The average molecular weight is 403 g/mol. The molecule has 0 aliphatic heterocycles. The second kappa shape index (κ2) is 9.08. The molecule has 160 valence electrons. The molecule has 0 bridgehead atoms. The van der Waals surface area contributed by atoms with E-state index < -0.39 is 0 Å². The van der Waals surface area contributed by atoms with Gasteiger partial charge in [0.2, 0.25) is 0 Å². The van der Waals surface area contributed by atoms with Crippen LogP contribution in [0.15, 0.2) is 24.3 Å². The lowest BCUT2D eigenvalue weighted by molar-refractivity contribution is 0.103. The van der Waals surface area contributed by atoms with Crippen molar-refractivity contribution in [3.8, 4) is 0 Å². The standard InChI is InChI=1S/C29H38O/c1-19-15-17-25(21(3)27(19)23-11-7-5-8-12-23)29(30)26-18-16-20(2)28(22(26)4)24-13-9-6-10-14-24/h15-18,23-24H,5-14H2,1-4H3. The molecule has 0 N–H and O–H groups in total. The quantitative estimate of drug-likeness (QED) is 0.470. The van der Waals surface area contributed by atoms with E-state index in [1.807, 2.05) is 0 Å². The summed E-state index contributed by atoms with van der Waals surface area (Å²) in [6, 6.07) is 8.54. The number of rotatable bonds is 4. The van der Waals surface area contributed by atoms with Crippen LogP contribution in [0.4, 0.5) is 0 Å². The summed E-state index contributed by atoms with van der Waals surface area (Å²) in [7, 11) is 0. The van der Waals surface area contributed by atoms with Gasteiger partial charge in [0.15, 0.2) is 5.78 Å². The van der Waals surface area contributed by atoms with Crippen LogP contribution in [0.5, 0.6) is 0 Å². The van der Waals surface area contributed by atoms with Crippen molar-refractivity contribution in [1.29, 1.82) is 0 Å². The molecule has 0 radical (unpaired) electrons. The van der Waals surface area contributed by atoms with Crippen LogP contribution in [0, 0.1) is 27.7 Å². The molecular formula is C29H38O. The van der Waals surface area contributed by atoms with Crippen LogP contribution in [0.25, 0.3) is 0 Å². The van der Waals surface area contributed by atoms with E-state index in [0.717, 1.165) is 11.1 Å². The predicted octanol–water partition coefficient (Wildman–Crippen LogP) is 8.25. The molecule has 0 spiro atoms. The maximum Gasteiger partial charge on any atom is 0.193 e. The Morgan fingerprint density at radius 1 is 0.600 bits per heavy atom. The average Bonchev–Trinajstić information content (AvgIpc) is 2.75. The van der Waals surface area contributed by atoms with E-state index in [0.29, 0.717) is 11.8 Å². The first-order chi connectivity index (χ1) is 14.5. The topological polar surface area (TPSA) is 17.1 Å². The first-order valence-corrected chi connectivity index (χ1v) is 12.2. The first kappa shape index (κ1) is 21.3. The fourth-order valence-corrected chi connectivity index (χ4v) is 6.40. The van der Waals surface area contributed by atoms with E-state index in [9.17, 15) is 4.79 Å². The Morgan fingerprint density at radius 3 is 1.33 bits per heavy atom. The van der Waals surface area contributed by atoms with Crippen molar-refractivity contribution < 1.29 is 4.79 Å². The van der Waals surface area contributed by atoms with Crippen LogP contribution in [0.2, 0.25) is 0 Å². The fraction of sp³-hybridized carbons (Fsp3) is 0.552. The maximum absolute atomic E-state index is 13.8. The van der Waals surface area contributed by atoms with Gasteiger partial charge in [0.25, 0.3) is 0 Å². The van der Waals surface area contributed by atoms with Gasteiger partial charge in [0.1, 0.15) is 0 Å². The highest BCUT2D eigenvalue weighted by atomic mass is 16.1. The fourth-order valence-electron chi connectivity index (χ4n) is 6.40. The number of carbonyl (C=O) groups excluding carboxylic acids is 1. The van der Waals surface area contributed by atoms with E-state index in [-0.39, 0.29) is 5.78 Å². The molecule has 2 fully saturated rings. The van der Waals surface area contributed by atoms with E-state index in [2.05, 4.69) is 52.0 Å². The Morgan fingerprint density at radius 2 is 0.967 bits per heavy atom. The van der Waals surface area contributed by atoms with Crippen molar-refractivity contribution in [3.05, 3.63) is 68.8 Å².